The van der Waals surface area contributed by atoms with Crippen LogP contribution in [0.5, 0.6) is 11.5 Å². The van der Waals surface area contributed by atoms with Gasteiger partial charge in [0.1, 0.15) is 11.5 Å². The summed E-state index contributed by atoms with van der Waals surface area (Å²) in [4.78, 5) is 18.8. The fourth-order valence-corrected chi connectivity index (χ4v) is 1.50. The molecule has 1 heterocycles. The molecule has 0 spiro atoms. The van der Waals surface area contributed by atoms with E-state index in [1.54, 1.807) is 30.6 Å². The van der Waals surface area contributed by atoms with E-state index in [0.29, 0.717) is 23.0 Å². The van der Waals surface area contributed by atoms with E-state index in [1.807, 2.05) is 0 Å². The molecule has 1 aromatic heterocycles. The molecule has 0 fully saturated rings. The highest BCUT2D eigenvalue weighted by atomic mass is 16.5. The fraction of sp³-hybridized carbons (Fsp3) is 0.167. The van der Waals surface area contributed by atoms with Gasteiger partial charge in [0.25, 0.3) is 5.91 Å². The van der Waals surface area contributed by atoms with E-state index in [2.05, 4.69) is 15.3 Å². The van der Waals surface area contributed by atoms with E-state index in [4.69, 9.17) is 9.47 Å². The van der Waals surface area contributed by atoms with E-state index in [1.165, 1.54) is 14.2 Å². The van der Waals surface area contributed by atoms with Crippen LogP contribution >= 0.6 is 0 Å². The van der Waals surface area contributed by atoms with Crippen molar-refractivity contribution >= 4 is 11.9 Å². The molecule has 0 aliphatic heterocycles. The first-order chi connectivity index (χ1) is 8.74. The Hall–Kier alpha value is -2.50. The highest BCUT2D eigenvalue weighted by Crippen LogP contribution is 2.24. The van der Waals surface area contributed by atoms with E-state index >= 15 is 0 Å². The van der Waals surface area contributed by atoms with E-state index in [9.17, 15) is 4.79 Å². The third kappa shape index (κ3) is 2.42. The van der Waals surface area contributed by atoms with Crippen molar-refractivity contribution in [2.75, 3.05) is 19.5 Å². The summed E-state index contributed by atoms with van der Waals surface area (Å²) in [5, 5.41) is 2.62. The zero-order valence-electron chi connectivity index (χ0n) is 10.1. The molecule has 94 valence electrons. The molecule has 0 bridgehead atoms. The first-order valence-electron chi connectivity index (χ1n) is 5.27. The van der Waals surface area contributed by atoms with E-state index < -0.39 is 0 Å². The fourth-order valence-electron chi connectivity index (χ4n) is 1.50. The topological polar surface area (TPSA) is 76.2 Å². The lowest BCUT2D eigenvalue weighted by atomic mass is 10.1. The molecule has 1 amide bonds. The summed E-state index contributed by atoms with van der Waals surface area (Å²) in [6, 6.07) is 5.01. The van der Waals surface area contributed by atoms with E-state index in [-0.39, 0.29) is 5.91 Å². The quantitative estimate of drug-likeness (QED) is 0.861. The second kappa shape index (κ2) is 5.22. The Kier molecular flexibility index (Phi) is 3.47. The van der Waals surface area contributed by atoms with Crippen molar-refractivity contribution in [3.05, 3.63) is 36.2 Å². The predicted molar refractivity (Wildman–Crippen MR) is 66.1 cm³/mol. The van der Waals surface area contributed by atoms with Gasteiger partial charge in [-0.05, 0) is 18.2 Å². The molecule has 0 aliphatic rings. The monoisotopic (exact) mass is 247 g/mol. The molecular weight excluding hydrogens is 234 g/mol. The van der Waals surface area contributed by atoms with Crippen LogP contribution in [0.4, 0.5) is 5.95 Å². The summed E-state index contributed by atoms with van der Waals surface area (Å²) in [7, 11) is 3.04. The molecule has 6 nitrogen and oxygen atoms in total. The Labute approximate surface area is 104 Å². The van der Waals surface area contributed by atoms with E-state index in [0.717, 1.165) is 0 Å². The zero-order valence-corrected chi connectivity index (χ0v) is 10.1. The summed E-state index contributed by atoms with van der Waals surface area (Å²) in [6.45, 7) is 0. The lowest BCUT2D eigenvalue weighted by Gasteiger charge is -2.09. The highest BCUT2D eigenvalue weighted by molar-refractivity contribution is 6.05. The maximum atomic E-state index is 12.1. The zero-order chi connectivity index (χ0) is 13.0. The number of amides is 1. The lowest BCUT2D eigenvalue weighted by molar-refractivity contribution is 0.102. The van der Waals surface area contributed by atoms with Gasteiger partial charge in [-0.25, -0.2) is 4.98 Å². The number of aromatic nitrogens is 2. The largest absolute Gasteiger partial charge is 0.497 e. The van der Waals surface area contributed by atoms with Crippen LogP contribution in [0.1, 0.15) is 10.4 Å². The number of anilines is 1. The molecule has 0 aliphatic carbocycles. The lowest BCUT2D eigenvalue weighted by Crippen LogP contribution is -2.14. The standard InChI is InChI=1S/C12H13N3O3/c1-17-8-3-4-10(18-2)9(7-8)11(16)15-12-13-5-6-14-12/h3-7H,1-2H3,(H2,13,14,15,16). The van der Waals surface area contributed by atoms with Crippen LogP contribution in [-0.4, -0.2) is 30.1 Å². The van der Waals surface area contributed by atoms with Crippen LogP contribution < -0.4 is 14.8 Å². The number of imidazole rings is 1. The number of H-pyrrole nitrogens is 1. The number of hydrogen-bond donors (Lipinski definition) is 2. The Morgan fingerprint density at radius 3 is 2.78 bits per heavy atom. The van der Waals surface area contributed by atoms with Crippen LogP contribution in [0.25, 0.3) is 0 Å². The van der Waals surface area contributed by atoms with Gasteiger partial charge in [-0.2, -0.15) is 0 Å². The van der Waals surface area contributed by atoms with Gasteiger partial charge in [0.15, 0.2) is 0 Å². The number of ether oxygens (including phenoxy) is 2. The van der Waals surface area contributed by atoms with Crippen molar-refractivity contribution in [2.45, 2.75) is 0 Å². The van der Waals surface area contributed by atoms with Gasteiger partial charge >= 0.3 is 0 Å². The predicted octanol–water partition coefficient (Wildman–Crippen LogP) is 1.68. The van der Waals surface area contributed by atoms with Crippen molar-refractivity contribution in [3.63, 3.8) is 0 Å². The maximum absolute atomic E-state index is 12.1. The van der Waals surface area contributed by atoms with Gasteiger partial charge in [-0.3, -0.25) is 10.1 Å². The minimum absolute atomic E-state index is 0.319. The SMILES string of the molecule is COc1ccc(OC)c(C(=O)Nc2ncc[nH]2)c1. The molecule has 0 radical (unpaired) electrons. The molecule has 1 aromatic carbocycles. The normalized spacial score (nSPS) is 9.89. The third-order valence-corrected chi connectivity index (χ3v) is 2.38. The molecule has 0 saturated heterocycles. The first-order valence-corrected chi connectivity index (χ1v) is 5.27. The molecule has 0 unspecified atom stereocenters. The third-order valence-electron chi connectivity index (χ3n) is 2.38. The molecule has 2 rings (SSSR count). The number of nitrogens with one attached hydrogen (secondary N) is 2. The number of carbonyl (C=O) groups is 1. The average molecular weight is 247 g/mol. The average Bonchev–Trinajstić information content (AvgIpc) is 2.90. The number of rotatable bonds is 4. The van der Waals surface area contributed by atoms with Crippen molar-refractivity contribution in [1.82, 2.24) is 9.97 Å². The van der Waals surface area contributed by atoms with Gasteiger partial charge in [0.2, 0.25) is 5.95 Å². The van der Waals surface area contributed by atoms with Crippen LogP contribution in [0.3, 0.4) is 0 Å². The maximum Gasteiger partial charge on any atom is 0.261 e. The number of benzene rings is 1. The number of nitrogens with zero attached hydrogens (tertiary/aromatic N) is 1. The van der Waals surface area contributed by atoms with Gasteiger partial charge in [-0.15, -0.1) is 0 Å². The van der Waals surface area contributed by atoms with Gasteiger partial charge < -0.3 is 14.5 Å². The van der Waals surface area contributed by atoms with Gasteiger partial charge in [-0.1, -0.05) is 0 Å². The van der Waals surface area contributed by atoms with Crippen molar-refractivity contribution in [2.24, 2.45) is 0 Å². The minimum Gasteiger partial charge on any atom is -0.497 e. The van der Waals surface area contributed by atoms with Crippen molar-refractivity contribution in [3.8, 4) is 11.5 Å². The van der Waals surface area contributed by atoms with Crippen LogP contribution in [0.2, 0.25) is 0 Å². The molecule has 2 aromatic rings. The molecule has 0 saturated carbocycles. The number of hydrogen-bond acceptors (Lipinski definition) is 4. The Morgan fingerprint density at radius 2 is 2.17 bits per heavy atom. The molecule has 0 atom stereocenters. The molecule has 6 heteroatoms. The molecule has 18 heavy (non-hydrogen) atoms. The Bertz CT molecular complexity index is 538. The van der Waals surface area contributed by atoms with Gasteiger partial charge in [0, 0.05) is 12.4 Å². The number of methoxy groups -OCH3 is 2. The second-order valence-electron chi connectivity index (χ2n) is 3.46. The number of carbonyl (C=O) groups excluding carboxylic acids is 1. The van der Waals surface area contributed by atoms with Crippen molar-refractivity contribution in [1.29, 1.82) is 0 Å². The summed E-state index contributed by atoms with van der Waals surface area (Å²) in [6.07, 6.45) is 3.18. The number of aromatic amines is 1. The molecular formula is C12H13N3O3. The smallest absolute Gasteiger partial charge is 0.261 e. The van der Waals surface area contributed by atoms with Crippen LogP contribution in [0, 0.1) is 0 Å². The van der Waals surface area contributed by atoms with Crippen LogP contribution in [-0.2, 0) is 0 Å². The summed E-state index contributed by atoms with van der Waals surface area (Å²) >= 11 is 0. The summed E-state index contributed by atoms with van der Waals surface area (Å²) < 4.78 is 10.2. The minimum atomic E-state index is -0.319. The molecule has 2 N–H and O–H groups in total. The van der Waals surface area contributed by atoms with Crippen molar-refractivity contribution < 1.29 is 14.3 Å². The van der Waals surface area contributed by atoms with Gasteiger partial charge in [0.05, 0.1) is 19.8 Å². The first kappa shape index (κ1) is 12.0. The Morgan fingerprint density at radius 1 is 1.33 bits per heavy atom. The Balaban J connectivity index is 2.27. The summed E-state index contributed by atoms with van der Waals surface area (Å²) in [5.74, 6) is 1.12. The highest BCUT2D eigenvalue weighted by Gasteiger charge is 2.14. The van der Waals surface area contributed by atoms with Crippen LogP contribution in [0.15, 0.2) is 30.6 Å². The summed E-state index contributed by atoms with van der Waals surface area (Å²) in [5.41, 5.74) is 0.383. The second-order valence-corrected chi connectivity index (χ2v) is 3.46.